The highest BCUT2D eigenvalue weighted by Crippen LogP contribution is 2.28. The standard InChI is InChI=1S/C11H16N2/c1-8-6-9-7-10(13(2)3)4-5-11(9)12-8/h4-5,7-8,12H,6H2,1-3H3. The van der Waals surface area contributed by atoms with Gasteiger partial charge in [-0.05, 0) is 37.1 Å². The van der Waals surface area contributed by atoms with Crippen LogP contribution >= 0.6 is 0 Å². The van der Waals surface area contributed by atoms with Crippen molar-refractivity contribution < 1.29 is 0 Å². The lowest BCUT2D eigenvalue weighted by Gasteiger charge is -2.13. The number of benzene rings is 1. The van der Waals surface area contributed by atoms with Crippen molar-refractivity contribution in [2.75, 3.05) is 24.3 Å². The first-order chi connectivity index (χ1) is 6.16. The predicted molar refractivity (Wildman–Crippen MR) is 57.6 cm³/mol. The molecule has 1 N–H and O–H groups in total. The molecule has 0 fully saturated rings. The van der Waals surface area contributed by atoms with Crippen molar-refractivity contribution in [2.45, 2.75) is 19.4 Å². The molecule has 1 atom stereocenters. The quantitative estimate of drug-likeness (QED) is 0.705. The first-order valence-corrected chi connectivity index (χ1v) is 4.73. The molecule has 0 aliphatic carbocycles. The van der Waals surface area contributed by atoms with Crippen LogP contribution in [0.3, 0.4) is 0 Å². The Morgan fingerprint density at radius 3 is 2.85 bits per heavy atom. The van der Waals surface area contributed by atoms with Crippen molar-refractivity contribution in [3.05, 3.63) is 23.8 Å². The number of nitrogens with zero attached hydrogens (tertiary/aromatic N) is 1. The summed E-state index contributed by atoms with van der Waals surface area (Å²) in [5, 5.41) is 3.44. The molecule has 2 heteroatoms. The fourth-order valence-corrected chi connectivity index (χ4v) is 1.81. The summed E-state index contributed by atoms with van der Waals surface area (Å²) in [5.41, 5.74) is 4.03. The van der Waals surface area contributed by atoms with E-state index < -0.39 is 0 Å². The Morgan fingerprint density at radius 1 is 1.38 bits per heavy atom. The van der Waals surface area contributed by atoms with Gasteiger partial charge in [-0.15, -0.1) is 0 Å². The lowest BCUT2D eigenvalue weighted by atomic mass is 10.1. The van der Waals surface area contributed by atoms with Crippen molar-refractivity contribution in [1.82, 2.24) is 0 Å². The van der Waals surface area contributed by atoms with E-state index in [4.69, 9.17) is 0 Å². The van der Waals surface area contributed by atoms with Crippen LogP contribution in [0.2, 0.25) is 0 Å². The maximum Gasteiger partial charge on any atom is 0.0377 e. The second-order valence-corrected chi connectivity index (χ2v) is 3.99. The molecule has 1 aromatic rings. The van der Waals surface area contributed by atoms with Gasteiger partial charge in [-0.3, -0.25) is 0 Å². The van der Waals surface area contributed by atoms with Crippen molar-refractivity contribution in [3.8, 4) is 0 Å². The number of rotatable bonds is 1. The third-order valence-corrected chi connectivity index (χ3v) is 2.53. The van der Waals surface area contributed by atoms with E-state index in [1.54, 1.807) is 0 Å². The van der Waals surface area contributed by atoms with E-state index in [0.717, 1.165) is 6.42 Å². The maximum atomic E-state index is 3.44. The van der Waals surface area contributed by atoms with Crippen LogP contribution in [0.5, 0.6) is 0 Å². The summed E-state index contributed by atoms with van der Waals surface area (Å²) in [6, 6.07) is 7.19. The molecule has 13 heavy (non-hydrogen) atoms. The number of nitrogens with one attached hydrogen (secondary N) is 1. The van der Waals surface area contributed by atoms with Gasteiger partial charge in [0.15, 0.2) is 0 Å². The predicted octanol–water partition coefficient (Wildman–Crippen LogP) is 2.11. The topological polar surface area (TPSA) is 15.3 Å². The summed E-state index contributed by atoms with van der Waals surface area (Å²) in [7, 11) is 4.15. The van der Waals surface area contributed by atoms with Gasteiger partial charge in [-0.2, -0.15) is 0 Å². The highest BCUT2D eigenvalue weighted by molar-refractivity contribution is 5.63. The molecule has 0 saturated carbocycles. The number of fused-ring (bicyclic) bond motifs is 1. The lowest BCUT2D eigenvalue weighted by molar-refractivity contribution is 0.839. The summed E-state index contributed by atoms with van der Waals surface area (Å²) in [4.78, 5) is 2.14. The van der Waals surface area contributed by atoms with Gasteiger partial charge in [0.25, 0.3) is 0 Å². The summed E-state index contributed by atoms with van der Waals surface area (Å²) in [6.45, 7) is 2.22. The van der Waals surface area contributed by atoms with E-state index in [0.29, 0.717) is 6.04 Å². The van der Waals surface area contributed by atoms with Crippen LogP contribution in [0.25, 0.3) is 0 Å². The van der Waals surface area contributed by atoms with E-state index in [9.17, 15) is 0 Å². The van der Waals surface area contributed by atoms with Crippen molar-refractivity contribution in [2.24, 2.45) is 0 Å². The fraction of sp³-hybridized carbons (Fsp3) is 0.455. The van der Waals surface area contributed by atoms with Gasteiger partial charge in [0.2, 0.25) is 0 Å². The smallest absolute Gasteiger partial charge is 0.0377 e. The minimum Gasteiger partial charge on any atom is -0.382 e. The van der Waals surface area contributed by atoms with Gasteiger partial charge in [-0.25, -0.2) is 0 Å². The van der Waals surface area contributed by atoms with Crippen molar-refractivity contribution in [3.63, 3.8) is 0 Å². The van der Waals surface area contributed by atoms with Crippen molar-refractivity contribution in [1.29, 1.82) is 0 Å². The second-order valence-electron chi connectivity index (χ2n) is 3.99. The highest BCUT2D eigenvalue weighted by Gasteiger charge is 2.16. The summed E-state index contributed by atoms with van der Waals surface area (Å²) in [6.07, 6.45) is 1.15. The molecule has 1 heterocycles. The molecule has 1 unspecified atom stereocenters. The van der Waals surface area contributed by atoms with Crippen LogP contribution in [-0.2, 0) is 6.42 Å². The summed E-state index contributed by atoms with van der Waals surface area (Å²) < 4.78 is 0. The Morgan fingerprint density at radius 2 is 2.15 bits per heavy atom. The lowest BCUT2D eigenvalue weighted by Crippen LogP contribution is -2.08. The van der Waals surface area contributed by atoms with Gasteiger partial charge in [0.05, 0.1) is 0 Å². The average Bonchev–Trinajstić information content (AvgIpc) is 2.42. The molecule has 1 aromatic carbocycles. The minimum atomic E-state index is 0.590. The van der Waals surface area contributed by atoms with Gasteiger partial charge in [0, 0.05) is 31.5 Å². The third-order valence-electron chi connectivity index (χ3n) is 2.53. The molecule has 0 aromatic heterocycles. The van der Waals surface area contributed by atoms with Crippen LogP contribution in [0.4, 0.5) is 11.4 Å². The molecule has 2 rings (SSSR count). The first kappa shape index (κ1) is 8.42. The molecule has 0 spiro atoms. The van der Waals surface area contributed by atoms with Crippen molar-refractivity contribution >= 4 is 11.4 Å². The van der Waals surface area contributed by atoms with Crippen LogP contribution in [0, 0.1) is 0 Å². The minimum absolute atomic E-state index is 0.590. The van der Waals surface area contributed by atoms with E-state index in [-0.39, 0.29) is 0 Å². The van der Waals surface area contributed by atoms with Crippen LogP contribution in [0.1, 0.15) is 12.5 Å². The zero-order valence-electron chi connectivity index (χ0n) is 8.46. The second kappa shape index (κ2) is 2.95. The zero-order chi connectivity index (χ0) is 9.42. The van der Waals surface area contributed by atoms with Gasteiger partial charge in [-0.1, -0.05) is 0 Å². The fourth-order valence-electron chi connectivity index (χ4n) is 1.81. The summed E-state index contributed by atoms with van der Waals surface area (Å²) in [5.74, 6) is 0. The molecule has 0 amide bonds. The number of anilines is 2. The zero-order valence-corrected chi connectivity index (χ0v) is 8.46. The summed E-state index contributed by atoms with van der Waals surface area (Å²) >= 11 is 0. The van der Waals surface area contributed by atoms with E-state index in [1.165, 1.54) is 16.9 Å². The Labute approximate surface area is 79.6 Å². The molecule has 70 valence electrons. The van der Waals surface area contributed by atoms with E-state index >= 15 is 0 Å². The van der Waals surface area contributed by atoms with Crippen LogP contribution in [-0.4, -0.2) is 20.1 Å². The monoisotopic (exact) mass is 176 g/mol. The molecular formula is C11H16N2. The molecule has 1 aliphatic heterocycles. The SMILES string of the molecule is CC1Cc2cc(N(C)C)ccc2N1. The Kier molecular flexibility index (Phi) is 1.91. The molecule has 1 aliphatic rings. The first-order valence-electron chi connectivity index (χ1n) is 4.73. The number of hydrogen-bond acceptors (Lipinski definition) is 2. The Balaban J connectivity index is 2.35. The van der Waals surface area contributed by atoms with Crippen LogP contribution < -0.4 is 10.2 Å². The molecule has 2 nitrogen and oxygen atoms in total. The third kappa shape index (κ3) is 1.48. The van der Waals surface area contributed by atoms with E-state index in [1.807, 2.05) is 0 Å². The maximum absolute atomic E-state index is 3.44. The van der Waals surface area contributed by atoms with Gasteiger partial charge >= 0.3 is 0 Å². The van der Waals surface area contributed by atoms with Crippen LogP contribution in [0.15, 0.2) is 18.2 Å². The Bertz CT molecular complexity index is 318. The Hall–Kier alpha value is -1.18. The normalized spacial score (nSPS) is 19.5. The molecule has 0 bridgehead atoms. The largest absolute Gasteiger partial charge is 0.382 e. The van der Waals surface area contributed by atoms with Gasteiger partial charge in [0.1, 0.15) is 0 Å². The molecule has 0 saturated heterocycles. The molecule has 0 radical (unpaired) electrons. The highest BCUT2D eigenvalue weighted by atomic mass is 15.1. The van der Waals surface area contributed by atoms with E-state index in [2.05, 4.69) is 49.4 Å². The average molecular weight is 176 g/mol. The number of hydrogen-bond donors (Lipinski definition) is 1. The van der Waals surface area contributed by atoms with Gasteiger partial charge < -0.3 is 10.2 Å². The molecular weight excluding hydrogens is 160 g/mol.